The van der Waals surface area contributed by atoms with Gasteiger partial charge in [0.25, 0.3) is 0 Å². The van der Waals surface area contributed by atoms with Crippen molar-refractivity contribution in [3.63, 3.8) is 0 Å². The van der Waals surface area contributed by atoms with Crippen LogP contribution in [0.3, 0.4) is 0 Å². The first-order valence-corrected chi connectivity index (χ1v) is 42.6. The molecule has 0 aliphatic carbocycles. The van der Waals surface area contributed by atoms with E-state index >= 15 is 0 Å². The second-order valence-corrected chi connectivity index (χ2v) is 29.6. The fraction of sp³-hybridized carbons (Fsp3) is 0.823. The lowest BCUT2D eigenvalue weighted by Gasteiger charge is -2.21. The van der Waals surface area contributed by atoms with E-state index in [1.165, 1.54) is 141 Å². The zero-order chi connectivity index (χ0) is 71.8. The highest BCUT2D eigenvalue weighted by atomic mass is 31.2. The molecule has 0 fully saturated rings. The number of allylic oxidation sites excluding steroid dienone is 10. The SMILES string of the molecule is CCCCCC/C=C\C=C/CCCCCCCC(=O)OC[C@H](COP(=O)(O)OC[C@@H](O)COP(=O)(O)OC[C@@H](COC(=O)CCCCCCC/C=C\CCCCCCCC)OC(=O)CCCCCCC/C=C\C=C/CCCCCC)OC(=O)CCCCCCCCCCCCCCC. The molecule has 0 aromatic heterocycles. The van der Waals surface area contributed by atoms with Gasteiger partial charge < -0.3 is 33.8 Å². The number of esters is 4. The first-order valence-electron chi connectivity index (χ1n) is 39.6. The molecular weight excluding hydrogens is 1280 g/mol. The number of carbonyl (C=O) groups excluding carboxylic acids is 4. The zero-order valence-electron chi connectivity index (χ0n) is 62.5. The highest BCUT2D eigenvalue weighted by Crippen LogP contribution is 2.45. The molecule has 98 heavy (non-hydrogen) atoms. The Morgan fingerprint density at radius 3 is 0.776 bits per heavy atom. The predicted molar refractivity (Wildman–Crippen MR) is 400 cm³/mol. The molecule has 0 aromatic rings. The number of aliphatic hydroxyl groups excluding tert-OH is 1. The van der Waals surface area contributed by atoms with Crippen molar-refractivity contribution in [2.45, 2.75) is 380 Å². The van der Waals surface area contributed by atoms with Crippen LogP contribution in [0.15, 0.2) is 60.8 Å². The third-order valence-electron chi connectivity index (χ3n) is 17.0. The Kier molecular flexibility index (Phi) is 69.7. The molecular formula is C79H144O17P2. The first kappa shape index (κ1) is 94.8. The molecule has 0 saturated carbocycles. The third kappa shape index (κ3) is 71.2. The van der Waals surface area contributed by atoms with Gasteiger partial charge in [0.15, 0.2) is 12.2 Å². The van der Waals surface area contributed by atoms with Crippen LogP contribution in [-0.2, 0) is 65.4 Å². The van der Waals surface area contributed by atoms with Crippen molar-refractivity contribution in [1.29, 1.82) is 0 Å². The molecule has 5 atom stereocenters. The summed E-state index contributed by atoms with van der Waals surface area (Å²) in [7, 11) is -9.95. The highest BCUT2D eigenvalue weighted by molar-refractivity contribution is 7.47. The van der Waals surface area contributed by atoms with Crippen molar-refractivity contribution in [2.75, 3.05) is 39.6 Å². The largest absolute Gasteiger partial charge is 0.472 e. The molecule has 0 amide bonds. The van der Waals surface area contributed by atoms with E-state index < -0.39 is 97.5 Å². The van der Waals surface area contributed by atoms with Gasteiger partial charge in [0.2, 0.25) is 0 Å². The number of hydrogen-bond donors (Lipinski definition) is 3. The van der Waals surface area contributed by atoms with Gasteiger partial charge in [-0.05, 0) is 103 Å². The van der Waals surface area contributed by atoms with Crippen LogP contribution in [0.1, 0.15) is 362 Å². The van der Waals surface area contributed by atoms with Gasteiger partial charge in [0.1, 0.15) is 19.3 Å². The average molecular weight is 1430 g/mol. The summed E-state index contributed by atoms with van der Waals surface area (Å²) in [5.74, 6) is -2.19. The lowest BCUT2D eigenvalue weighted by atomic mass is 10.0. The van der Waals surface area contributed by atoms with E-state index in [0.717, 1.165) is 141 Å². The quantitative estimate of drug-likeness (QED) is 0.0128. The normalized spacial score (nSPS) is 14.2. The van der Waals surface area contributed by atoms with E-state index in [2.05, 4.69) is 88.5 Å². The number of ether oxygens (including phenoxy) is 4. The zero-order valence-corrected chi connectivity index (χ0v) is 64.3. The first-order chi connectivity index (χ1) is 47.7. The summed E-state index contributed by atoms with van der Waals surface area (Å²) in [5.41, 5.74) is 0. The van der Waals surface area contributed by atoms with Crippen molar-refractivity contribution >= 4 is 39.5 Å². The summed E-state index contributed by atoms with van der Waals surface area (Å²) in [4.78, 5) is 72.9. The van der Waals surface area contributed by atoms with Crippen LogP contribution in [0.2, 0.25) is 0 Å². The number of hydrogen-bond acceptors (Lipinski definition) is 15. The molecule has 19 heteroatoms. The minimum absolute atomic E-state index is 0.0795. The smallest absolute Gasteiger partial charge is 0.462 e. The summed E-state index contributed by atoms with van der Waals surface area (Å²) in [6.07, 6.45) is 70.5. The number of aliphatic hydroxyl groups is 1. The molecule has 17 nitrogen and oxygen atoms in total. The molecule has 0 radical (unpaired) electrons. The van der Waals surface area contributed by atoms with Crippen LogP contribution in [0.4, 0.5) is 0 Å². The maximum absolute atomic E-state index is 13.1. The van der Waals surface area contributed by atoms with Crippen LogP contribution in [0.5, 0.6) is 0 Å². The van der Waals surface area contributed by atoms with Crippen molar-refractivity contribution < 1.29 is 80.2 Å². The molecule has 2 unspecified atom stereocenters. The van der Waals surface area contributed by atoms with Gasteiger partial charge in [-0.15, -0.1) is 0 Å². The van der Waals surface area contributed by atoms with Gasteiger partial charge >= 0.3 is 39.5 Å². The average Bonchev–Trinajstić information content (AvgIpc) is 0.959. The molecule has 0 aliphatic heterocycles. The van der Waals surface area contributed by atoms with E-state index in [1.807, 2.05) is 0 Å². The molecule has 0 aromatic carbocycles. The lowest BCUT2D eigenvalue weighted by molar-refractivity contribution is -0.161. The molecule has 3 N–H and O–H groups in total. The van der Waals surface area contributed by atoms with E-state index in [4.69, 9.17) is 37.0 Å². The van der Waals surface area contributed by atoms with Crippen LogP contribution in [-0.4, -0.2) is 96.7 Å². The van der Waals surface area contributed by atoms with Gasteiger partial charge in [-0.2, -0.15) is 0 Å². The van der Waals surface area contributed by atoms with Gasteiger partial charge in [0.05, 0.1) is 26.4 Å². The Bertz CT molecular complexity index is 2100. The minimum Gasteiger partial charge on any atom is -0.462 e. The van der Waals surface area contributed by atoms with Gasteiger partial charge in [-0.25, -0.2) is 9.13 Å². The second kappa shape index (κ2) is 72.1. The highest BCUT2D eigenvalue weighted by Gasteiger charge is 2.30. The molecule has 572 valence electrons. The number of carbonyl (C=O) groups is 4. The van der Waals surface area contributed by atoms with Crippen LogP contribution < -0.4 is 0 Å². The number of phosphoric ester groups is 2. The topological polar surface area (TPSA) is 237 Å². The van der Waals surface area contributed by atoms with E-state index in [1.54, 1.807) is 0 Å². The van der Waals surface area contributed by atoms with Crippen LogP contribution in [0.25, 0.3) is 0 Å². The van der Waals surface area contributed by atoms with Crippen molar-refractivity contribution in [2.24, 2.45) is 0 Å². The predicted octanol–water partition coefficient (Wildman–Crippen LogP) is 22.7. The van der Waals surface area contributed by atoms with E-state index in [-0.39, 0.29) is 25.7 Å². The molecule has 0 heterocycles. The van der Waals surface area contributed by atoms with Gasteiger partial charge in [-0.3, -0.25) is 37.3 Å². The fourth-order valence-corrected chi connectivity index (χ4v) is 12.5. The van der Waals surface area contributed by atoms with Gasteiger partial charge in [0, 0.05) is 25.7 Å². The minimum atomic E-state index is -4.97. The van der Waals surface area contributed by atoms with Crippen molar-refractivity contribution in [3.05, 3.63) is 60.8 Å². The summed E-state index contributed by atoms with van der Waals surface area (Å²) in [5, 5.41) is 10.6. The fourth-order valence-electron chi connectivity index (χ4n) is 10.9. The van der Waals surface area contributed by atoms with Crippen LogP contribution >= 0.6 is 15.6 Å². The maximum atomic E-state index is 13.1. The molecule has 0 aliphatic rings. The number of phosphoric acid groups is 2. The Balaban J connectivity index is 5.35. The van der Waals surface area contributed by atoms with Crippen molar-refractivity contribution in [1.82, 2.24) is 0 Å². The molecule has 0 spiro atoms. The third-order valence-corrected chi connectivity index (χ3v) is 18.9. The Labute approximate surface area is 597 Å². The lowest BCUT2D eigenvalue weighted by Crippen LogP contribution is -2.30. The summed E-state index contributed by atoms with van der Waals surface area (Å²) >= 11 is 0. The Morgan fingerprint density at radius 2 is 0.500 bits per heavy atom. The summed E-state index contributed by atoms with van der Waals surface area (Å²) in [6, 6.07) is 0. The van der Waals surface area contributed by atoms with Gasteiger partial charge in [-0.1, -0.05) is 294 Å². The van der Waals surface area contributed by atoms with Crippen LogP contribution in [0, 0.1) is 0 Å². The molecule has 0 saturated heterocycles. The number of unbranched alkanes of at least 4 members (excludes halogenated alkanes) is 41. The van der Waals surface area contributed by atoms with Crippen molar-refractivity contribution in [3.8, 4) is 0 Å². The standard InChI is InChI=1S/C79H144O17P2/c1-5-9-13-17-21-25-29-33-36-40-43-47-51-55-59-63-76(81)89-69-74(95-78(83)65-61-57-53-49-45-39-32-28-24-20-16-12-8-4)71-93-97(85,86)91-67-73(80)68-92-98(87,88)94-72-75(96-79(84)66-62-58-54-50-46-42-38-35-31-27-23-19-15-11-7-3)70-90-77(82)64-60-56-52-48-44-41-37-34-30-26-22-18-14-10-6-2/h25,27,29,31,33-38,73-75,80H,5-24,26,28,30,32,39-72H2,1-4H3,(H,85,86)(H,87,88)/b29-25-,31-27-,36-33-,37-34-,38-35-/t73-,74-,75-/m1/s1. The Morgan fingerprint density at radius 1 is 0.286 bits per heavy atom. The maximum Gasteiger partial charge on any atom is 0.472 e. The van der Waals surface area contributed by atoms with E-state index in [9.17, 15) is 43.2 Å². The summed E-state index contributed by atoms with van der Waals surface area (Å²) in [6.45, 7) is 4.85. The Hall–Kier alpha value is -3.24. The molecule has 0 bridgehead atoms. The molecule has 0 rings (SSSR count). The monoisotopic (exact) mass is 1430 g/mol. The summed E-state index contributed by atoms with van der Waals surface area (Å²) < 4.78 is 68.5. The van der Waals surface area contributed by atoms with E-state index in [0.29, 0.717) is 25.7 Å². The second-order valence-electron chi connectivity index (χ2n) is 26.7. The number of rotatable bonds is 75.